The fraction of sp³-hybridized carbons (Fsp3) is 0.286. The second-order valence-electron chi connectivity index (χ2n) is 6.79. The number of ether oxygens (including phenoxy) is 1. The highest BCUT2D eigenvalue weighted by Crippen LogP contribution is 2.28. The van der Waals surface area contributed by atoms with Crippen LogP contribution >= 0.6 is 27.7 Å². The molecule has 3 rings (SSSR count). The van der Waals surface area contributed by atoms with Gasteiger partial charge in [-0.2, -0.15) is 0 Å². The normalized spacial score (nSPS) is 10.9. The maximum atomic E-state index is 12.1. The third-order valence-electron chi connectivity index (χ3n) is 4.05. The number of rotatable bonds is 8. The molecule has 0 bridgehead atoms. The number of carbonyl (C=O) groups excluding carboxylic acids is 1. The first-order valence-electron chi connectivity index (χ1n) is 9.14. The molecule has 0 aliphatic carbocycles. The summed E-state index contributed by atoms with van der Waals surface area (Å²) in [6.45, 7) is 6.45. The fourth-order valence-corrected chi connectivity index (χ4v) is 3.44. The maximum Gasteiger partial charge on any atom is 0.277 e. The number of carbonyl (C=O) groups is 1. The monoisotopic (exact) mass is 475 g/mol. The second kappa shape index (κ2) is 9.93. The van der Waals surface area contributed by atoms with Crippen LogP contribution in [0.4, 0.5) is 5.69 Å². The zero-order chi connectivity index (χ0) is 20.8. The first-order valence-corrected chi connectivity index (χ1v) is 10.9. The van der Waals surface area contributed by atoms with Gasteiger partial charge < -0.3 is 14.5 Å². The van der Waals surface area contributed by atoms with Gasteiger partial charge >= 0.3 is 0 Å². The van der Waals surface area contributed by atoms with E-state index in [1.165, 1.54) is 11.8 Å². The summed E-state index contributed by atoms with van der Waals surface area (Å²) >= 11 is 4.55. The number of thioether (sulfide) groups is 1. The third kappa shape index (κ3) is 6.33. The van der Waals surface area contributed by atoms with Crippen molar-refractivity contribution < 1.29 is 13.9 Å². The quantitative estimate of drug-likeness (QED) is 0.428. The van der Waals surface area contributed by atoms with Crippen LogP contribution in [0.15, 0.2) is 56.6 Å². The number of amides is 1. The van der Waals surface area contributed by atoms with Gasteiger partial charge in [-0.15, -0.1) is 10.2 Å². The minimum atomic E-state index is -0.144. The molecule has 1 N–H and O–H groups in total. The van der Waals surface area contributed by atoms with Crippen LogP contribution in [-0.4, -0.2) is 21.9 Å². The summed E-state index contributed by atoms with van der Waals surface area (Å²) in [7, 11) is 0. The van der Waals surface area contributed by atoms with Gasteiger partial charge in [-0.05, 0) is 54.3 Å². The lowest BCUT2D eigenvalue weighted by molar-refractivity contribution is -0.113. The molecule has 0 spiro atoms. The molecule has 29 heavy (non-hydrogen) atoms. The number of nitrogens with one attached hydrogen (secondary N) is 1. The van der Waals surface area contributed by atoms with E-state index in [1.807, 2.05) is 37.3 Å². The fourth-order valence-electron chi connectivity index (χ4n) is 2.60. The van der Waals surface area contributed by atoms with Gasteiger partial charge in [-0.3, -0.25) is 4.79 Å². The van der Waals surface area contributed by atoms with E-state index in [2.05, 4.69) is 57.4 Å². The molecular formula is C21H22BrN3O3S. The van der Waals surface area contributed by atoms with Crippen molar-refractivity contribution in [2.45, 2.75) is 38.5 Å². The van der Waals surface area contributed by atoms with Gasteiger partial charge in [0.1, 0.15) is 5.75 Å². The molecule has 8 heteroatoms. The van der Waals surface area contributed by atoms with E-state index in [9.17, 15) is 4.79 Å². The minimum absolute atomic E-state index is 0.144. The van der Waals surface area contributed by atoms with Gasteiger partial charge in [-0.1, -0.05) is 53.7 Å². The van der Waals surface area contributed by atoms with Crippen molar-refractivity contribution in [2.24, 2.45) is 0 Å². The number of hydrogen-bond donors (Lipinski definition) is 1. The summed E-state index contributed by atoms with van der Waals surface area (Å²) in [5.41, 5.74) is 3.00. The van der Waals surface area contributed by atoms with Crippen LogP contribution in [0.2, 0.25) is 0 Å². The molecule has 0 aliphatic rings. The molecule has 1 amide bonds. The Balaban J connectivity index is 1.51. The van der Waals surface area contributed by atoms with Crippen LogP contribution in [0.3, 0.4) is 0 Å². The van der Waals surface area contributed by atoms with E-state index in [4.69, 9.17) is 9.15 Å². The largest absolute Gasteiger partial charge is 0.484 e. The molecule has 0 aliphatic heterocycles. The molecule has 0 fully saturated rings. The van der Waals surface area contributed by atoms with Gasteiger partial charge in [-0.25, -0.2) is 0 Å². The molecule has 1 aromatic heterocycles. The van der Waals surface area contributed by atoms with Gasteiger partial charge in [0.25, 0.3) is 11.1 Å². The van der Waals surface area contributed by atoms with Gasteiger partial charge in [0.05, 0.1) is 5.75 Å². The van der Waals surface area contributed by atoms with Crippen LogP contribution in [-0.2, 0) is 11.4 Å². The highest BCUT2D eigenvalue weighted by atomic mass is 79.9. The van der Waals surface area contributed by atoms with Crippen molar-refractivity contribution in [1.82, 2.24) is 10.2 Å². The van der Waals surface area contributed by atoms with Crippen molar-refractivity contribution >= 4 is 39.3 Å². The highest BCUT2D eigenvalue weighted by molar-refractivity contribution is 9.10. The first-order chi connectivity index (χ1) is 13.9. The number of halogens is 1. The minimum Gasteiger partial charge on any atom is -0.484 e. The Labute approximate surface area is 182 Å². The SMILES string of the molecule is Cc1ccc(C(C)C)c(OCc2nnc(SCC(=O)Nc3ccc(Br)cc3)o2)c1. The van der Waals surface area contributed by atoms with Crippen LogP contribution in [0, 0.1) is 6.92 Å². The Morgan fingerprint density at radius 2 is 1.97 bits per heavy atom. The summed E-state index contributed by atoms with van der Waals surface area (Å²) in [5, 5.41) is 11.1. The van der Waals surface area contributed by atoms with Crippen molar-refractivity contribution in [3.05, 3.63) is 64.0 Å². The molecular weight excluding hydrogens is 454 g/mol. The van der Waals surface area contributed by atoms with Crippen LogP contribution < -0.4 is 10.1 Å². The van der Waals surface area contributed by atoms with E-state index >= 15 is 0 Å². The summed E-state index contributed by atoms with van der Waals surface area (Å²) in [6, 6.07) is 13.5. The molecule has 0 unspecified atom stereocenters. The Bertz CT molecular complexity index is 974. The lowest BCUT2D eigenvalue weighted by atomic mass is 10.0. The lowest BCUT2D eigenvalue weighted by Gasteiger charge is -2.13. The molecule has 0 radical (unpaired) electrons. The zero-order valence-electron chi connectivity index (χ0n) is 16.4. The van der Waals surface area contributed by atoms with Crippen molar-refractivity contribution in [2.75, 3.05) is 11.1 Å². The number of benzene rings is 2. The number of anilines is 1. The average molecular weight is 476 g/mol. The average Bonchev–Trinajstić information content (AvgIpc) is 3.14. The molecule has 0 saturated heterocycles. The van der Waals surface area contributed by atoms with Crippen LogP contribution in [0.25, 0.3) is 0 Å². The summed E-state index contributed by atoms with van der Waals surface area (Å²) < 4.78 is 12.4. The van der Waals surface area contributed by atoms with Crippen molar-refractivity contribution in [3.63, 3.8) is 0 Å². The zero-order valence-corrected chi connectivity index (χ0v) is 18.8. The summed E-state index contributed by atoms with van der Waals surface area (Å²) in [5.74, 6) is 1.57. The standard InChI is InChI=1S/C21H22BrN3O3S/c1-13(2)17-9-4-14(3)10-18(17)27-11-20-24-25-21(28-20)29-12-19(26)23-16-7-5-15(22)6-8-16/h4-10,13H,11-12H2,1-3H3,(H,23,26). The van der Waals surface area contributed by atoms with Gasteiger partial charge in [0, 0.05) is 10.2 Å². The number of hydrogen-bond acceptors (Lipinski definition) is 6. The second-order valence-corrected chi connectivity index (χ2v) is 8.63. The maximum absolute atomic E-state index is 12.1. The number of aryl methyl sites for hydroxylation is 1. The van der Waals surface area contributed by atoms with E-state index < -0.39 is 0 Å². The Hall–Kier alpha value is -2.32. The lowest BCUT2D eigenvalue weighted by Crippen LogP contribution is -2.13. The predicted octanol–water partition coefficient (Wildman–Crippen LogP) is 5.57. The predicted molar refractivity (Wildman–Crippen MR) is 117 cm³/mol. The first kappa shape index (κ1) is 21.4. The molecule has 2 aromatic carbocycles. The third-order valence-corrected chi connectivity index (χ3v) is 5.39. The Morgan fingerprint density at radius 1 is 1.21 bits per heavy atom. The Kier molecular flexibility index (Phi) is 7.33. The topological polar surface area (TPSA) is 77.2 Å². The molecule has 0 atom stereocenters. The smallest absolute Gasteiger partial charge is 0.277 e. The highest BCUT2D eigenvalue weighted by Gasteiger charge is 2.13. The summed E-state index contributed by atoms with van der Waals surface area (Å²) in [6.07, 6.45) is 0. The summed E-state index contributed by atoms with van der Waals surface area (Å²) in [4.78, 5) is 12.1. The molecule has 0 saturated carbocycles. The molecule has 152 valence electrons. The van der Waals surface area contributed by atoms with E-state index in [1.54, 1.807) is 0 Å². The van der Waals surface area contributed by atoms with Crippen LogP contribution in [0.1, 0.15) is 36.8 Å². The number of aromatic nitrogens is 2. The Morgan fingerprint density at radius 3 is 2.69 bits per heavy atom. The van der Waals surface area contributed by atoms with Crippen LogP contribution in [0.5, 0.6) is 5.75 Å². The number of nitrogens with zero attached hydrogens (tertiary/aromatic N) is 2. The molecule has 1 heterocycles. The van der Waals surface area contributed by atoms with Crippen molar-refractivity contribution in [3.8, 4) is 5.75 Å². The van der Waals surface area contributed by atoms with E-state index in [-0.39, 0.29) is 18.3 Å². The van der Waals surface area contributed by atoms with Gasteiger partial charge in [0.2, 0.25) is 5.91 Å². The molecule has 3 aromatic rings. The molecule has 6 nitrogen and oxygen atoms in total. The van der Waals surface area contributed by atoms with Gasteiger partial charge in [0.15, 0.2) is 6.61 Å². The van der Waals surface area contributed by atoms with E-state index in [0.29, 0.717) is 17.0 Å². The van der Waals surface area contributed by atoms with Crippen molar-refractivity contribution in [1.29, 1.82) is 0 Å². The van der Waals surface area contributed by atoms with E-state index in [0.717, 1.165) is 27.0 Å².